The van der Waals surface area contributed by atoms with Gasteiger partial charge in [-0.25, -0.2) is 4.68 Å². The van der Waals surface area contributed by atoms with Crippen molar-refractivity contribution in [3.8, 4) is 11.4 Å². The fraction of sp³-hybridized carbons (Fsp3) is 0.333. The van der Waals surface area contributed by atoms with Crippen molar-refractivity contribution in [2.75, 3.05) is 18.6 Å². The Morgan fingerprint density at radius 3 is 3.10 bits per heavy atom. The van der Waals surface area contributed by atoms with Gasteiger partial charge in [0.25, 0.3) is 5.91 Å². The minimum Gasteiger partial charge on any atom is -0.494 e. The van der Waals surface area contributed by atoms with Crippen molar-refractivity contribution >= 4 is 17.7 Å². The van der Waals surface area contributed by atoms with Gasteiger partial charge in [-0.15, -0.1) is 0 Å². The first-order chi connectivity index (χ1) is 10.3. The summed E-state index contributed by atoms with van der Waals surface area (Å²) >= 11 is 1.87. The monoisotopic (exact) mass is 303 g/mol. The number of rotatable bonds is 4. The third kappa shape index (κ3) is 3.05. The summed E-state index contributed by atoms with van der Waals surface area (Å²) in [4.78, 5) is 12.2. The summed E-state index contributed by atoms with van der Waals surface area (Å²) < 4.78 is 6.98. The lowest BCUT2D eigenvalue weighted by atomic mass is 10.2. The van der Waals surface area contributed by atoms with E-state index in [4.69, 9.17) is 4.74 Å². The van der Waals surface area contributed by atoms with E-state index in [1.807, 2.05) is 36.0 Å². The van der Waals surface area contributed by atoms with Crippen LogP contribution in [-0.2, 0) is 0 Å². The second-order valence-corrected chi connectivity index (χ2v) is 6.03. The third-order valence-corrected chi connectivity index (χ3v) is 4.60. The van der Waals surface area contributed by atoms with Gasteiger partial charge in [-0.3, -0.25) is 4.79 Å². The molecule has 5 nitrogen and oxygen atoms in total. The molecule has 2 heterocycles. The Hall–Kier alpha value is -1.95. The molecule has 3 rings (SSSR count). The Morgan fingerprint density at radius 2 is 2.33 bits per heavy atom. The predicted molar refractivity (Wildman–Crippen MR) is 83.3 cm³/mol. The molecule has 1 saturated heterocycles. The number of hydrogen-bond acceptors (Lipinski definition) is 4. The molecule has 0 spiro atoms. The van der Waals surface area contributed by atoms with Gasteiger partial charge < -0.3 is 10.1 Å². The highest BCUT2D eigenvalue weighted by atomic mass is 32.2. The molecule has 2 aromatic rings. The zero-order valence-electron chi connectivity index (χ0n) is 11.8. The molecule has 1 amide bonds. The predicted octanol–water partition coefficient (Wildman–Crippen LogP) is 2.12. The average molecular weight is 303 g/mol. The van der Waals surface area contributed by atoms with Crippen LogP contribution in [0.2, 0.25) is 0 Å². The minimum atomic E-state index is -0.0661. The van der Waals surface area contributed by atoms with Gasteiger partial charge in [0.15, 0.2) is 0 Å². The fourth-order valence-electron chi connectivity index (χ4n) is 2.31. The van der Waals surface area contributed by atoms with E-state index in [0.717, 1.165) is 29.4 Å². The Labute approximate surface area is 127 Å². The zero-order valence-corrected chi connectivity index (χ0v) is 12.6. The third-order valence-electron chi connectivity index (χ3n) is 3.44. The molecule has 21 heavy (non-hydrogen) atoms. The van der Waals surface area contributed by atoms with Crippen LogP contribution in [0, 0.1) is 0 Å². The van der Waals surface area contributed by atoms with Gasteiger partial charge in [-0.05, 0) is 24.3 Å². The summed E-state index contributed by atoms with van der Waals surface area (Å²) in [6.45, 7) is 0. The molecule has 1 aliphatic heterocycles. The van der Waals surface area contributed by atoms with Crippen LogP contribution in [0.15, 0.2) is 36.7 Å². The van der Waals surface area contributed by atoms with Crippen LogP contribution >= 0.6 is 11.8 Å². The number of ether oxygens (including phenoxy) is 1. The van der Waals surface area contributed by atoms with Gasteiger partial charge in [0.05, 0.1) is 18.9 Å². The number of benzene rings is 1. The molecular weight excluding hydrogens is 286 g/mol. The molecular formula is C15H17N3O2S. The summed E-state index contributed by atoms with van der Waals surface area (Å²) in [5, 5.41) is 7.31. The van der Waals surface area contributed by atoms with E-state index in [9.17, 15) is 4.79 Å². The number of aromatic nitrogens is 2. The number of carbonyl (C=O) groups excluding carboxylic acids is 1. The van der Waals surface area contributed by atoms with Crippen molar-refractivity contribution < 1.29 is 9.53 Å². The summed E-state index contributed by atoms with van der Waals surface area (Å²) in [5.74, 6) is 2.76. The first kappa shape index (κ1) is 14.0. The van der Waals surface area contributed by atoms with Gasteiger partial charge in [-0.2, -0.15) is 16.9 Å². The topological polar surface area (TPSA) is 56.1 Å². The van der Waals surface area contributed by atoms with Crippen LogP contribution < -0.4 is 10.1 Å². The lowest BCUT2D eigenvalue weighted by molar-refractivity contribution is 0.0941. The second kappa shape index (κ2) is 6.22. The highest BCUT2D eigenvalue weighted by molar-refractivity contribution is 7.99. The first-order valence-corrected chi connectivity index (χ1v) is 8.00. The number of methoxy groups -OCH3 is 1. The number of hydrogen-bond donors (Lipinski definition) is 1. The maximum absolute atomic E-state index is 12.2. The van der Waals surface area contributed by atoms with Gasteiger partial charge in [0, 0.05) is 18.0 Å². The number of thioether (sulfide) groups is 1. The van der Waals surface area contributed by atoms with Crippen LogP contribution in [0.5, 0.6) is 5.75 Å². The van der Waals surface area contributed by atoms with Gasteiger partial charge in [-0.1, -0.05) is 12.1 Å². The van der Waals surface area contributed by atoms with Crippen molar-refractivity contribution in [3.63, 3.8) is 0 Å². The number of nitrogens with zero attached hydrogens (tertiary/aromatic N) is 2. The highest BCUT2D eigenvalue weighted by Gasteiger charge is 2.19. The molecule has 0 saturated carbocycles. The Balaban J connectivity index is 1.77. The van der Waals surface area contributed by atoms with E-state index < -0.39 is 0 Å². The highest BCUT2D eigenvalue weighted by Crippen LogP contribution is 2.22. The lowest BCUT2D eigenvalue weighted by Gasteiger charge is -2.09. The van der Waals surface area contributed by atoms with E-state index >= 15 is 0 Å². The van der Waals surface area contributed by atoms with E-state index in [-0.39, 0.29) is 11.9 Å². The zero-order chi connectivity index (χ0) is 14.7. The SMILES string of the molecule is COc1ccccc1-n1cc(C(=O)NC2CCSC2)cn1. The minimum absolute atomic E-state index is 0.0661. The van der Waals surface area contributed by atoms with Gasteiger partial charge >= 0.3 is 0 Å². The Bertz CT molecular complexity index is 635. The average Bonchev–Trinajstić information content (AvgIpc) is 3.18. The van der Waals surface area contributed by atoms with Gasteiger partial charge in [0.1, 0.15) is 11.4 Å². The van der Waals surface area contributed by atoms with Crippen molar-refractivity contribution in [1.29, 1.82) is 0 Å². The van der Waals surface area contributed by atoms with E-state index in [2.05, 4.69) is 10.4 Å². The maximum Gasteiger partial charge on any atom is 0.254 e. The van der Waals surface area contributed by atoms with E-state index in [1.165, 1.54) is 0 Å². The number of para-hydroxylation sites is 2. The smallest absolute Gasteiger partial charge is 0.254 e. The van der Waals surface area contributed by atoms with Crippen LogP contribution in [0.25, 0.3) is 5.69 Å². The maximum atomic E-state index is 12.2. The number of amides is 1. The second-order valence-electron chi connectivity index (χ2n) is 4.88. The van der Waals surface area contributed by atoms with E-state index in [1.54, 1.807) is 24.2 Å². The molecule has 0 radical (unpaired) electrons. The lowest BCUT2D eigenvalue weighted by Crippen LogP contribution is -2.34. The van der Waals surface area contributed by atoms with Crippen LogP contribution in [-0.4, -0.2) is 40.3 Å². The molecule has 1 aliphatic rings. The van der Waals surface area contributed by atoms with Crippen molar-refractivity contribution in [1.82, 2.24) is 15.1 Å². The van der Waals surface area contributed by atoms with Crippen molar-refractivity contribution in [2.24, 2.45) is 0 Å². The molecule has 1 atom stereocenters. The molecule has 1 aromatic carbocycles. The number of carbonyl (C=O) groups is 1. The summed E-state index contributed by atoms with van der Waals surface area (Å²) in [6.07, 6.45) is 4.36. The van der Waals surface area contributed by atoms with Crippen molar-refractivity contribution in [2.45, 2.75) is 12.5 Å². The van der Waals surface area contributed by atoms with Crippen LogP contribution in [0.4, 0.5) is 0 Å². The molecule has 1 unspecified atom stereocenters. The quantitative estimate of drug-likeness (QED) is 0.940. The largest absolute Gasteiger partial charge is 0.494 e. The Morgan fingerprint density at radius 1 is 1.48 bits per heavy atom. The summed E-state index contributed by atoms with van der Waals surface area (Å²) in [6, 6.07) is 7.86. The van der Waals surface area contributed by atoms with Crippen LogP contribution in [0.1, 0.15) is 16.8 Å². The summed E-state index contributed by atoms with van der Waals surface area (Å²) in [5.41, 5.74) is 1.38. The van der Waals surface area contributed by atoms with Crippen molar-refractivity contribution in [3.05, 3.63) is 42.2 Å². The standard InChI is InChI=1S/C15H17N3O2S/c1-20-14-5-3-2-4-13(14)18-9-11(8-16-18)15(19)17-12-6-7-21-10-12/h2-5,8-9,12H,6-7,10H2,1H3,(H,17,19). The Kier molecular flexibility index (Phi) is 4.15. The molecule has 1 fully saturated rings. The molecule has 0 aliphatic carbocycles. The van der Waals surface area contributed by atoms with E-state index in [0.29, 0.717) is 5.56 Å². The normalized spacial score (nSPS) is 17.7. The molecule has 6 heteroatoms. The molecule has 0 bridgehead atoms. The molecule has 1 aromatic heterocycles. The van der Waals surface area contributed by atoms with Gasteiger partial charge in [0.2, 0.25) is 0 Å². The fourth-order valence-corrected chi connectivity index (χ4v) is 3.46. The molecule has 1 N–H and O–H groups in total. The summed E-state index contributed by atoms with van der Waals surface area (Å²) in [7, 11) is 1.62. The van der Waals surface area contributed by atoms with Crippen LogP contribution in [0.3, 0.4) is 0 Å². The molecule has 110 valence electrons. The first-order valence-electron chi connectivity index (χ1n) is 6.84. The number of nitrogens with one attached hydrogen (secondary N) is 1.